The average molecular weight is 492 g/mol. The van der Waals surface area contributed by atoms with Crippen molar-refractivity contribution in [3.8, 4) is 0 Å². The minimum atomic E-state index is -1.26. The molecule has 0 aliphatic carbocycles. The molecule has 5 N–H and O–H groups in total. The van der Waals surface area contributed by atoms with Crippen molar-refractivity contribution in [3.63, 3.8) is 0 Å². The predicted octanol–water partition coefficient (Wildman–Crippen LogP) is -0.806. The summed E-state index contributed by atoms with van der Waals surface area (Å²) in [6, 6.07) is -0.988. The lowest BCUT2D eigenvalue weighted by Gasteiger charge is -2.49. The standard InChI is InChI=1S/C17H17N9O5S2/c1-7-21-24-25(22-7)4-2-3-8-5-32-15-11(14(28)26(15)12(8)16(29)30)20-13(27)10(23-31)9-6-33-17(18)19-9/h2-3,6,11,15,31H,4-5H2,1H3,(H2,18,19)(H,20,27)(H,29,30)/b3-2-,23-10?/t11?,15-/m1/s1. The van der Waals surface area contributed by atoms with Crippen molar-refractivity contribution in [2.45, 2.75) is 24.9 Å². The van der Waals surface area contributed by atoms with E-state index in [2.05, 4.69) is 30.9 Å². The van der Waals surface area contributed by atoms with E-state index in [0.717, 1.165) is 16.2 Å². The van der Waals surface area contributed by atoms with Gasteiger partial charge in [0.05, 0.1) is 6.54 Å². The highest BCUT2D eigenvalue weighted by atomic mass is 32.2. The number of hydrogen-bond acceptors (Lipinski definition) is 12. The molecule has 2 aliphatic heterocycles. The molecule has 33 heavy (non-hydrogen) atoms. The topological polar surface area (TPSA) is 202 Å². The van der Waals surface area contributed by atoms with Crippen LogP contribution in [-0.2, 0) is 20.9 Å². The summed E-state index contributed by atoms with van der Waals surface area (Å²) in [6.07, 6.45) is 3.28. The number of anilines is 1. The number of β-lactam (4-membered cyclic amide) rings is 1. The summed E-state index contributed by atoms with van der Waals surface area (Å²) in [6.45, 7) is 1.98. The molecule has 14 nitrogen and oxygen atoms in total. The SMILES string of the molecule is Cc1nnn(C/C=C\C2=C(C(=O)O)N3C(=O)C(NC(=O)C(=NO)c4csc(N)n4)[C@H]3SC2)n1. The number of carbonyl (C=O) groups excluding carboxylic acids is 2. The largest absolute Gasteiger partial charge is 0.477 e. The molecule has 4 rings (SSSR count). The highest BCUT2D eigenvalue weighted by molar-refractivity contribution is 8.00. The number of rotatable bonds is 7. The highest BCUT2D eigenvalue weighted by Crippen LogP contribution is 2.40. The molecule has 16 heteroatoms. The second-order valence-electron chi connectivity index (χ2n) is 6.85. The summed E-state index contributed by atoms with van der Waals surface area (Å²) in [4.78, 5) is 43.6. The zero-order chi connectivity index (χ0) is 23.7. The number of hydrogen-bond donors (Lipinski definition) is 4. The van der Waals surface area contributed by atoms with Crippen LogP contribution in [0, 0.1) is 6.92 Å². The number of nitrogen functional groups attached to an aromatic ring is 1. The number of tetrazole rings is 1. The lowest BCUT2D eigenvalue weighted by molar-refractivity contribution is -0.150. The molecule has 4 heterocycles. The lowest BCUT2D eigenvalue weighted by atomic mass is 10.0. The number of aromatic nitrogens is 5. The predicted molar refractivity (Wildman–Crippen MR) is 116 cm³/mol. The first-order chi connectivity index (χ1) is 15.8. The molecule has 0 radical (unpaired) electrons. The van der Waals surface area contributed by atoms with Crippen LogP contribution in [0.15, 0.2) is 34.0 Å². The number of amides is 2. The second kappa shape index (κ2) is 8.99. The monoisotopic (exact) mass is 491 g/mol. The zero-order valence-electron chi connectivity index (χ0n) is 16.9. The van der Waals surface area contributed by atoms with Crippen LogP contribution in [-0.4, -0.2) is 81.1 Å². The van der Waals surface area contributed by atoms with E-state index in [-0.39, 0.29) is 23.1 Å². The van der Waals surface area contributed by atoms with E-state index >= 15 is 0 Å². The van der Waals surface area contributed by atoms with Crippen LogP contribution in [0.1, 0.15) is 11.5 Å². The first kappa shape index (κ1) is 22.4. The Morgan fingerprint density at radius 3 is 2.85 bits per heavy atom. The number of aliphatic carboxylic acids is 1. The molecule has 2 aliphatic rings. The molecule has 2 atom stereocenters. The fourth-order valence-electron chi connectivity index (χ4n) is 3.28. The van der Waals surface area contributed by atoms with Gasteiger partial charge in [-0.3, -0.25) is 14.5 Å². The van der Waals surface area contributed by atoms with E-state index in [1.165, 1.54) is 21.9 Å². The highest BCUT2D eigenvalue weighted by Gasteiger charge is 2.54. The molecule has 0 bridgehead atoms. The number of fused-ring (bicyclic) bond motifs is 1. The molecule has 1 saturated heterocycles. The number of thioether (sulfide) groups is 1. The normalized spacial score (nSPS) is 20.7. The summed E-state index contributed by atoms with van der Waals surface area (Å²) in [7, 11) is 0. The van der Waals surface area contributed by atoms with Crippen molar-refractivity contribution in [2.24, 2.45) is 5.16 Å². The first-order valence-electron chi connectivity index (χ1n) is 9.36. The van der Waals surface area contributed by atoms with Gasteiger partial charge in [-0.2, -0.15) is 4.80 Å². The van der Waals surface area contributed by atoms with Crippen LogP contribution in [0.3, 0.4) is 0 Å². The van der Waals surface area contributed by atoms with Crippen LogP contribution >= 0.6 is 23.1 Å². The number of carbonyl (C=O) groups is 3. The third kappa shape index (κ3) is 4.29. The third-order valence-electron chi connectivity index (χ3n) is 4.71. The van der Waals surface area contributed by atoms with Crippen molar-refractivity contribution < 1.29 is 24.7 Å². The fraction of sp³-hybridized carbons (Fsp3) is 0.294. The van der Waals surface area contributed by atoms with Gasteiger partial charge in [0.1, 0.15) is 22.8 Å². The van der Waals surface area contributed by atoms with E-state index in [1.807, 2.05) is 0 Å². The van der Waals surface area contributed by atoms with Gasteiger partial charge in [0.15, 0.2) is 16.7 Å². The molecule has 2 aromatic heterocycles. The average Bonchev–Trinajstić information content (AvgIpc) is 3.39. The van der Waals surface area contributed by atoms with Gasteiger partial charge in [-0.1, -0.05) is 17.3 Å². The quantitative estimate of drug-likeness (QED) is 0.163. The van der Waals surface area contributed by atoms with Gasteiger partial charge in [-0.15, -0.1) is 33.3 Å². The Kier molecular flexibility index (Phi) is 6.10. The summed E-state index contributed by atoms with van der Waals surface area (Å²) >= 11 is 2.35. The van der Waals surface area contributed by atoms with E-state index < -0.39 is 34.9 Å². The third-order valence-corrected chi connectivity index (χ3v) is 6.68. The van der Waals surface area contributed by atoms with Gasteiger partial charge in [0.2, 0.25) is 0 Å². The molecule has 1 unspecified atom stereocenters. The van der Waals surface area contributed by atoms with Crippen molar-refractivity contribution in [3.05, 3.63) is 40.3 Å². The van der Waals surface area contributed by atoms with Crippen molar-refractivity contribution in [1.29, 1.82) is 0 Å². The lowest BCUT2D eigenvalue weighted by Crippen LogP contribution is -2.71. The summed E-state index contributed by atoms with van der Waals surface area (Å²) in [5, 5.41) is 37.0. The van der Waals surface area contributed by atoms with Crippen LogP contribution in [0.2, 0.25) is 0 Å². The van der Waals surface area contributed by atoms with Crippen molar-refractivity contribution in [2.75, 3.05) is 11.5 Å². The van der Waals surface area contributed by atoms with Crippen LogP contribution < -0.4 is 11.1 Å². The maximum Gasteiger partial charge on any atom is 0.352 e. The Morgan fingerprint density at radius 2 is 2.24 bits per heavy atom. The van der Waals surface area contributed by atoms with E-state index in [4.69, 9.17) is 5.73 Å². The molecule has 0 saturated carbocycles. The summed E-state index contributed by atoms with van der Waals surface area (Å²) < 4.78 is 0. The molecule has 2 aromatic rings. The van der Waals surface area contributed by atoms with Crippen LogP contribution in [0.25, 0.3) is 0 Å². The molecular formula is C17H17N9O5S2. The van der Waals surface area contributed by atoms with Gasteiger partial charge in [-0.25, -0.2) is 9.78 Å². The minimum absolute atomic E-state index is 0.0630. The van der Waals surface area contributed by atoms with Crippen molar-refractivity contribution in [1.82, 2.24) is 35.4 Å². The van der Waals surface area contributed by atoms with Gasteiger partial charge in [0.25, 0.3) is 11.8 Å². The zero-order valence-corrected chi connectivity index (χ0v) is 18.6. The van der Waals surface area contributed by atoms with Gasteiger partial charge in [-0.05, 0) is 17.7 Å². The number of nitrogens with two attached hydrogens (primary N) is 1. The molecule has 2 amide bonds. The number of oxime groups is 1. The van der Waals surface area contributed by atoms with Gasteiger partial charge >= 0.3 is 5.97 Å². The van der Waals surface area contributed by atoms with E-state index in [1.54, 1.807) is 19.1 Å². The number of aryl methyl sites for hydroxylation is 1. The number of allylic oxidation sites excluding steroid dienone is 2. The fourth-order valence-corrected chi connectivity index (χ4v) is 5.15. The molecule has 1 fully saturated rings. The van der Waals surface area contributed by atoms with Crippen molar-refractivity contribution >= 4 is 51.7 Å². The molecular weight excluding hydrogens is 474 g/mol. The first-order valence-corrected chi connectivity index (χ1v) is 11.3. The second-order valence-corrected chi connectivity index (χ2v) is 8.85. The van der Waals surface area contributed by atoms with E-state index in [9.17, 15) is 24.7 Å². The number of nitrogens with zero attached hydrogens (tertiary/aromatic N) is 7. The van der Waals surface area contributed by atoms with Gasteiger partial charge < -0.3 is 21.4 Å². The molecule has 0 aromatic carbocycles. The van der Waals surface area contributed by atoms with Gasteiger partial charge in [0, 0.05) is 11.1 Å². The van der Waals surface area contributed by atoms with E-state index in [0.29, 0.717) is 17.2 Å². The molecule has 172 valence electrons. The Bertz CT molecular complexity index is 1220. The van der Waals surface area contributed by atoms with Crippen LogP contribution in [0.4, 0.5) is 5.13 Å². The Labute approximate surface area is 193 Å². The summed E-state index contributed by atoms with van der Waals surface area (Å²) in [5.74, 6) is -1.87. The Morgan fingerprint density at radius 1 is 1.45 bits per heavy atom. The maximum atomic E-state index is 12.7. The minimum Gasteiger partial charge on any atom is -0.477 e. The Balaban J connectivity index is 1.48. The number of nitrogens with one attached hydrogen (secondary N) is 1. The molecule has 0 spiro atoms. The number of thiazole rings is 1. The number of carboxylic acid groups (broad SMARTS) is 1. The summed E-state index contributed by atoms with van der Waals surface area (Å²) in [5.41, 5.74) is 5.49. The Hall–Kier alpha value is -3.79. The smallest absolute Gasteiger partial charge is 0.352 e. The maximum absolute atomic E-state index is 12.7. The van der Waals surface area contributed by atoms with Crippen LogP contribution in [0.5, 0.6) is 0 Å². The number of carboxylic acids is 1.